The third kappa shape index (κ3) is 3.30. The van der Waals surface area contributed by atoms with E-state index in [9.17, 15) is 9.59 Å². The number of hydrogen-bond acceptors (Lipinski definition) is 4. The first kappa shape index (κ1) is 19.2. The van der Waals surface area contributed by atoms with Crippen molar-refractivity contribution in [1.82, 2.24) is 9.78 Å². The Kier molecular flexibility index (Phi) is 4.82. The number of aromatic amines is 1. The summed E-state index contributed by atoms with van der Waals surface area (Å²) in [6, 6.07) is 17.1. The molecule has 0 saturated heterocycles. The molecule has 6 heteroatoms. The summed E-state index contributed by atoms with van der Waals surface area (Å²) < 4.78 is 7.14. The lowest BCUT2D eigenvalue weighted by Gasteiger charge is -2.31. The van der Waals surface area contributed by atoms with Gasteiger partial charge in [0.25, 0.3) is 5.56 Å². The summed E-state index contributed by atoms with van der Waals surface area (Å²) in [5.74, 6) is 1.06. The maximum absolute atomic E-state index is 13.5. The van der Waals surface area contributed by atoms with Crippen LogP contribution in [0.5, 0.6) is 5.75 Å². The van der Waals surface area contributed by atoms with Crippen LogP contribution in [0.1, 0.15) is 36.3 Å². The zero-order chi connectivity index (χ0) is 21.4. The van der Waals surface area contributed by atoms with Gasteiger partial charge in [-0.3, -0.25) is 14.7 Å². The molecular weight excluding hydrogens is 390 g/mol. The Balaban J connectivity index is 1.65. The average Bonchev–Trinajstić information content (AvgIpc) is 3.13. The Hall–Kier alpha value is -3.80. The van der Waals surface area contributed by atoms with E-state index in [-0.39, 0.29) is 11.3 Å². The molecule has 31 heavy (non-hydrogen) atoms. The number of rotatable bonds is 5. The van der Waals surface area contributed by atoms with Crippen molar-refractivity contribution in [1.29, 1.82) is 0 Å². The smallest absolute Gasteiger partial charge is 0.277 e. The number of nitrogens with zero attached hydrogens (tertiary/aromatic N) is 1. The van der Waals surface area contributed by atoms with Crippen LogP contribution in [0.4, 0.5) is 5.82 Å². The number of hydrogen-bond donors (Lipinski definition) is 2. The Bertz CT molecular complexity index is 1230. The standard InChI is InChI=1S/C25H23N3O3/c1-2-15-31-18-13-11-16(12-14-18)21-22-19(9-6-10-20(22)29)26-24-23(21)25(30)28(27-24)17-7-4-3-5-8-17/h2-5,7-8,11-14,21,26-27H,1,6,9-10,15H2/t21-/m1/s1. The van der Waals surface area contributed by atoms with Gasteiger partial charge in [-0.15, -0.1) is 0 Å². The van der Waals surface area contributed by atoms with Crippen LogP contribution in [0, 0.1) is 0 Å². The van der Waals surface area contributed by atoms with E-state index in [1.165, 1.54) is 4.68 Å². The van der Waals surface area contributed by atoms with Gasteiger partial charge in [0.2, 0.25) is 0 Å². The Labute approximate surface area is 179 Å². The molecule has 6 nitrogen and oxygen atoms in total. The predicted octanol–water partition coefficient (Wildman–Crippen LogP) is 4.29. The van der Waals surface area contributed by atoms with Gasteiger partial charge in [-0.1, -0.05) is 43.0 Å². The number of benzene rings is 2. The molecule has 1 aromatic heterocycles. The molecule has 0 fully saturated rings. The van der Waals surface area contributed by atoms with Crippen molar-refractivity contribution in [2.45, 2.75) is 25.2 Å². The van der Waals surface area contributed by atoms with Crippen LogP contribution < -0.4 is 15.6 Å². The fourth-order valence-electron chi connectivity index (χ4n) is 4.44. The Morgan fingerprint density at radius 3 is 2.58 bits per heavy atom. The molecule has 1 atom stereocenters. The highest BCUT2D eigenvalue weighted by molar-refractivity contribution is 6.00. The summed E-state index contributed by atoms with van der Waals surface area (Å²) in [5.41, 5.74) is 3.66. The molecule has 5 rings (SSSR count). The van der Waals surface area contributed by atoms with Gasteiger partial charge in [0.05, 0.1) is 11.3 Å². The van der Waals surface area contributed by atoms with E-state index in [1.807, 2.05) is 54.6 Å². The predicted molar refractivity (Wildman–Crippen MR) is 120 cm³/mol. The fraction of sp³-hybridized carbons (Fsp3) is 0.200. The molecule has 0 saturated carbocycles. The molecule has 0 amide bonds. The van der Waals surface area contributed by atoms with Crippen molar-refractivity contribution in [3.8, 4) is 11.4 Å². The molecule has 0 radical (unpaired) electrons. The first-order chi connectivity index (χ1) is 15.2. The van der Waals surface area contributed by atoms with Crippen LogP contribution in [0.2, 0.25) is 0 Å². The molecule has 1 aliphatic heterocycles. The van der Waals surface area contributed by atoms with Crippen LogP contribution >= 0.6 is 0 Å². The van der Waals surface area contributed by atoms with Crippen molar-refractivity contribution >= 4 is 11.6 Å². The molecule has 2 aliphatic rings. The molecule has 156 valence electrons. The summed E-state index contributed by atoms with van der Waals surface area (Å²) in [6.07, 6.45) is 3.79. The van der Waals surface area contributed by atoms with Crippen LogP contribution in [0.3, 0.4) is 0 Å². The largest absolute Gasteiger partial charge is 0.490 e. The van der Waals surface area contributed by atoms with Gasteiger partial charge in [-0.05, 0) is 42.7 Å². The molecule has 0 bridgehead atoms. The minimum absolute atomic E-state index is 0.100. The molecule has 2 heterocycles. The normalized spacial score (nSPS) is 17.5. The van der Waals surface area contributed by atoms with Gasteiger partial charge in [-0.25, -0.2) is 4.68 Å². The molecule has 1 aliphatic carbocycles. The summed E-state index contributed by atoms with van der Waals surface area (Å²) in [7, 11) is 0. The van der Waals surface area contributed by atoms with Gasteiger partial charge in [-0.2, -0.15) is 0 Å². The van der Waals surface area contributed by atoms with Gasteiger partial charge >= 0.3 is 0 Å². The number of fused-ring (bicyclic) bond motifs is 1. The van der Waals surface area contributed by atoms with E-state index in [1.54, 1.807) is 6.08 Å². The van der Waals surface area contributed by atoms with Crippen LogP contribution in [-0.2, 0) is 4.79 Å². The number of ketones is 1. The van der Waals surface area contributed by atoms with E-state index in [0.29, 0.717) is 30.0 Å². The van der Waals surface area contributed by atoms with Gasteiger partial charge in [0, 0.05) is 23.6 Å². The van der Waals surface area contributed by atoms with Crippen LogP contribution in [0.25, 0.3) is 5.69 Å². The van der Waals surface area contributed by atoms with E-state index >= 15 is 0 Å². The molecule has 0 unspecified atom stereocenters. The van der Waals surface area contributed by atoms with Crippen molar-refractivity contribution in [2.24, 2.45) is 0 Å². The SMILES string of the molecule is C=CCOc1ccc([C@@H]2C3=C(CCCC3=O)Nc3[nH]n(-c4ccccc4)c(=O)c32)cc1. The molecule has 3 aromatic rings. The Morgan fingerprint density at radius 2 is 1.84 bits per heavy atom. The van der Waals surface area contributed by atoms with Crippen LogP contribution in [-0.4, -0.2) is 22.2 Å². The summed E-state index contributed by atoms with van der Waals surface area (Å²) >= 11 is 0. The summed E-state index contributed by atoms with van der Waals surface area (Å²) in [4.78, 5) is 26.5. The number of Topliss-reactive ketones (excluding diaryl/α,β-unsaturated/α-hetero) is 1. The average molecular weight is 413 g/mol. The van der Waals surface area contributed by atoms with E-state index in [4.69, 9.17) is 4.74 Å². The highest BCUT2D eigenvalue weighted by Gasteiger charge is 2.38. The minimum atomic E-state index is -0.416. The van der Waals surface area contributed by atoms with Gasteiger partial charge in [0.1, 0.15) is 18.2 Å². The van der Waals surface area contributed by atoms with E-state index in [0.717, 1.165) is 35.5 Å². The number of allylic oxidation sites excluding steroid dienone is 2. The second kappa shape index (κ2) is 7.80. The van der Waals surface area contributed by atoms with Gasteiger partial charge < -0.3 is 10.1 Å². The number of aromatic nitrogens is 2. The molecular formula is C25H23N3O3. The third-order valence-electron chi connectivity index (χ3n) is 5.83. The first-order valence-corrected chi connectivity index (χ1v) is 10.4. The van der Waals surface area contributed by atoms with Crippen molar-refractivity contribution in [2.75, 3.05) is 11.9 Å². The summed E-state index contributed by atoms with van der Waals surface area (Å²) in [6.45, 7) is 4.09. The zero-order valence-corrected chi connectivity index (χ0v) is 17.1. The van der Waals surface area contributed by atoms with E-state index in [2.05, 4.69) is 17.0 Å². The summed E-state index contributed by atoms with van der Waals surface area (Å²) in [5, 5.41) is 6.56. The number of nitrogens with one attached hydrogen (secondary N) is 2. The molecule has 2 aromatic carbocycles. The number of para-hydroxylation sites is 1. The lowest BCUT2D eigenvalue weighted by Crippen LogP contribution is -2.29. The minimum Gasteiger partial charge on any atom is -0.490 e. The topological polar surface area (TPSA) is 76.1 Å². The quantitative estimate of drug-likeness (QED) is 0.612. The number of ether oxygens (including phenoxy) is 1. The van der Waals surface area contributed by atoms with E-state index < -0.39 is 5.92 Å². The zero-order valence-electron chi connectivity index (χ0n) is 17.1. The van der Waals surface area contributed by atoms with Crippen molar-refractivity contribution < 1.29 is 9.53 Å². The molecule has 2 N–H and O–H groups in total. The maximum atomic E-state index is 13.5. The van der Waals surface area contributed by atoms with Gasteiger partial charge in [0.15, 0.2) is 5.78 Å². The second-order valence-electron chi connectivity index (χ2n) is 7.77. The Morgan fingerprint density at radius 1 is 1.06 bits per heavy atom. The number of carbonyl (C=O) groups excluding carboxylic acids is 1. The fourth-order valence-corrected chi connectivity index (χ4v) is 4.44. The van der Waals surface area contributed by atoms with Crippen molar-refractivity contribution in [3.05, 3.63) is 100 Å². The van der Waals surface area contributed by atoms with Crippen molar-refractivity contribution in [3.63, 3.8) is 0 Å². The van der Waals surface area contributed by atoms with Crippen LogP contribution in [0.15, 0.2) is 83.3 Å². The monoisotopic (exact) mass is 413 g/mol. The lowest BCUT2D eigenvalue weighted by atomic mass is 9.77. The number of H-pyrrole nitrogens is 1. The number of carbonyl (C=O) groups is 1. The highest BCUT2D eigenvalue weighted by atomic mass is 16.5. The maximum Gasteiger partial charge on any atom is 0.277 e. The lowest BCUT2D eigenvalue weighted by molar-refractivity contribution is -0.116. The first-order valence-electron chi connectivity index (χ1n) is 10.4. The highest BCUT2D eigenvalue weighted by Crippen LogP contribution is 2.43. The second-order valence-corrected chi connectivity index (χ2v) is 7.77. The third-order valence-corrected chi connectivity index (χ3v) is 5.83. The number of anilines is 1. The molecule has 0 spiro atoms.